The number of hydrogen-bond acceptors (Lipinski definition) is 3. The van der Waals surface area contributed by atoms with Crippen LogP contribution in [0.25, 0.3) is 0 Å². The number of piperidine rings is 1. The van der Waals surface area contributed by atoms with Crippen LogP contribution in [0.4, 0.5) is 0 Å². The van der Waals surface area contributed by atoms with Crippen LogP contribution in [0.5, 0.6) is 0 Å². The van der Waals surface area contributed by atoms with Gasteiger partial charge in [0.15, 0.2) is 0 Å². The first kappa shape index (κ1) is 21.5. The maximum absolute atomic E-state index is 12.8. The molecule has 1 aliphatic rings. The van der Waals surface area contributed by atoms with E-state index in [0.29, 0.717) is 27.9 Å². The summed E-state index contributed by atoms with van der Waals surface area (Å²) in [5, 5.41) is 0. The van der Waals surface area contributed by atoms with Crippen molar-refractivity contribution < 1.29 is 13.2 Å². The van der Waals surface area contributed by atoms with E-state index in [1.165, 1.54) is 0 Å². The Morgan fingerprint density at radius 2 is 1.66 bits per heavy atom. The molecule has 3 rings (SSSR count). The van der Waals surface area contributed by atoms with Gasteiger partial charge in [0.05, 0.1) is 4.90 Å². The number of sulfonamides is 1. The average Bonchev–Trinajstić information content (AvgIpc) is 2.67. The third-order valence-corrected chi connectivity index (χ3v) is 7.00. The molecule has 0 saturated carbocycles. The van der Waals surface area contributed by atoms with Gasteiger partial charge in [0.25, 0.3) is 5.91 Å². The normalized spacial score (nSPS) is 19.9. The van der Waals surface area contributed by atoms with E-state index in [1.54, 1.807) is 25.1 Å². The number of carbonyl (C=O) groups excluding carboxylic acids is 1. The Balaban J connectivity index is 1.66. The zero-order chi connectivity index (χ0) is 21.2. The maximum atomic E-state index is 12.8. The molecule has 156 valence electrons. The van der Waals surface area contributed by atoms with Crippen molar-refractivity contribution in [1.29, 1.82) is 0 Å². The highest BCUT2D eigenvalue weighted by molar-refractivity contribution is 7.89. The van der Waals surface area contributed by atoms with Crippen molar-refractivity contribution >= 4 is 15.9 Å². The minimum absolute atomic E-state index is 0.0471. The van der Waals surface area contributed by atoms with Crippen LogP contribution in [0.3, 0.4) is 0 Å². The maximum Gasteiger partial charge on any atom is 0.253 e. The van der Waals surface area contributed by atoms with Gasteiger partial charge in [-0.2, -0.15) is 0 Å². The molecule has 2 atom stereocenters. The SMILES string of the molecule is Cc1ccc(C)c(S(=O)(=O)NCc2ccc(C(=O)N3C[C@@H](C)C[C@H](C)C3)cc2)c1. The van der Waals surface area contributed by atoms with E-state index in [2.05, 4.69) is 18.6 Å². The Hall–Kier alpha value is -2.18. The number of hydrogen-bond donors (Lipinski definition) is 1. The summed E-state index contributed by atoms with van der Waals surface area (Å²) < 4.78 is 28.0. The Labute approximate surface area is 174 Å². The van der Waals surface area contributed by atoms with E-state index in [9.17, 15) is 13.2 Å². The fraction of sp³-hybridized carbons (Fsp3) is 0.435. The number of nitrogens with one attached hydrogen (secondary N) is 1. The van der Waals surface area contributed by atoms with E-state index in [4.69, 9.17) is 0 Å². The van der Waals surface area contributed by atoms with Crippen LogP contribution in [-0.4, -0.2) is 32.3 Å². The minimum atomic E-state index is -3.59. The van der Waals surface area contributed by atoms with Gasteiger partial charge in [-0.3, -0.25) is 4.79 Å². The van der Waals surface area contributed by atoms with Crippen LogP contribution in [-0.2, 0) is 16.6 Å². The van der Waals surface area contributed by atoms with Crippen molar-refractivity contribution in [2.45, 2.75) is 45.6 Å². The van der Waals surface area contributed by atoms with Crippen molar-refractivity contribution in [1.82, 2.24) is 9.62 Å². The lowest BCUT2D eigenvalue weighted by molar-refractivity contribution is 0.0623. The van der Waals surface area contributed by atoms with Crippen LogP contribution < -0.4 is 4.72 Å². The van der Waals surface area contributed by atoms with Crippen molar-refractivity contribution in [2.24, 2.45) is 11.8 Å². The highest BCUT2D eigenvalue weighted by Crippen LogP contribution is 2.23. The zero-order valence-electron chi connectivity index (χ0n) is 17.6. The summed E-state index contributed by atoms with van der Waals surface area (Å²) >= 11 is 0. The summed E-state index contributed by atoms with van der Waals surface area (Å²) in [6.07, 6.45) is 1.16. The predicted octanol–water partition coefficient (Wildman–Crippen LogP) is 3.90. The van der Waals surface area contributed by atoms with E-state index in [0.717, 1.165) is 30.6 Å². The molecular formula is C23H30N2O3S. The summed E-state index contributed by atoms with van der Waals surface area (Å²) in [4.78, 5) is 15.0. The summed E-state index contributed by atoms with van der Waals surface area (Å²) in [5.41, 5.74) is 3.08. The summed E-state index contributed by atoms with van der Waals surface area (Å²) in [6.45, 7) is 9.79. The molecule has 1 fully saturated rings. The topological polar surface area (TPSA) is 66.5 Å². The van der Waals surface area contributed by atoms with Crippen molar-refractivity contribution in [3.63, 3.8) is 0 Å². The second kappa shape index (κ2) is 8.67. The van der Waals surface area contributed by atoms with Gasteiger partial charge in [0, 0.05) is 25.2 Å². The molecule has 5 nitrogen and oxygen atoms in total. The lowest BCUT2D eigenvalue weighted by Crippen LogP contribution is -2.42. The van der Waals surface area contributed by atoms with Crippen LogP contribution >= 0.6 is 0 Å². The average molecular weight is 415 g/mol. The molecular weight excluding hydrogens is 384 g/mol. The quantitative estimate of drug-likeness (QED) is 0.807. The summed E-state index contributed by atoms with van der Waals surface area (Å²) in [5.74, 6) is 1.08. The Bertz CT molecular complexity index is 974. The molecule has 0 bridgehead atoms. The second-order valence-electron chi connectivity index (χ2n) is 8.45. The van der Waals surface area contributed by atoms with Gasteiger partial charge in [0.1, 0.15) is 0 Å². The number of carbonyl (C=O) groups is 1. The van der Waals surface area contributed by atoms with Gasteiger partial charge in [-0.15, -0.1) is 0 Å². The molecule has 2 aromatic rings. The van der Waals surface area contributed by atoms with E-state index in [1.807, 2.05) is 36.1 Å². The lowest BCUT2D eigenvalue weighted by Gasteiger charge is -2.35. The fourth-order valence-electron chi connectivity index (χ4n) is 4.03. The van der Waals surface area contributed by atoms with Gasteiger partial charge < -0.3 is 4.90 Å². The first-order valence-electron chi connectivity index (χ1n) is 10.1. The number of aryl methyl sites for hydroxylation is 2. The van der Waals surface area contributed by atoms with E-state index in [-0.39, 0.29) is 12.5 Å². The molecule has 0 aromatic heterocycles. The molecule has 1 heterocycles. The minimum Gasteiger partial charge on any atom is -0.338 e. The monoisotopic (exact) mass is 414 g/mol. The number of nitrogens with zero attached hydrogens (tertiary/aromatic N) is 1. The Morgan fingerprint density at radius 3 is 2.28 bits per heavy atom. The first-order chi connectivity index (χ1) is 13.7. The Kier molecular flexibility index (Phi) is 6.44. The lowest BCUT2D eigenvalue weighted by atomic mass is 9.91. The number of likely N-dealkylation sites (tertiary alicyclic amines) is 1. The van der Waals surface area contributed by atoms with Crippen LogP contribution in [0.15, 0.2) is 47.4 Å². The largest absolute Gasteiger partial charge is 0.338 e. The molecule has 1 aliphatic heterocycles. The third-order valence-electron chi connectivity index (χ3n) is 5.46. The number of rotatable bonds is 5. The van der Waals surface area contributed by atoms with Crippen LogP contribution in [0.2, 0.25) is 0 Å². The molecule has 29 heavy (non-hydrogen) atoms. The molecule has 6 heteroatoms. The van der Waals surface area contributed by atoms with Gasteiger partial charge >= 0.3 is 0 Å². The van der Waals surface area contributed by atoms with Crippen LogP contribution in [0, 0.1) is 25.7 Å². The molecule has 0 unspecified atom stereocenters. The van der Waals surface area contributed by atoms with Gasteiger partial charge in [0.2, 0.25) is 10.0 Å². The summed E-state index contributed by atoms with van der Waals surface area (Å²) in [7, 11) is -3.59. The summed E-state index contributed by atoms with van der Waals surface area (Å²) in [6, 6.07) is 12.6. The number of benzene rings is 2. The predicted molar refractivity (Wildman–Crippen MR) is 115 cm³/mol. The highest BCUT2D eigenvalue weighted by Gasteiger charge is 2.26. The van der Waals surface area contributed by atoms with Crippen molar-refractivity contribution in [3.05, 3.63) is 64.7 Å². The van der Waals surface area contributed by atoms with Gasteiger partial charge in [-0.1, -0.05) is 38.1 Å². The smallest absolute Gasteiger partial charge is 0.253 e. The molecule has 1 saturated heterocycles. The molecule has 0 radical (unpaired) electrons. The van der Waals surface area contributed by atoms with Gasteiger partial charge in [-0.25, -0.2) is 13.1 Å². The molecule has 0 spiro atoms. The standard InChI is InChI=1S/C23H30N2O3S/c1-16-5-6-19(4)22(12-16)29(27,28)24-13-20-7-9-21(10-8-20)23(26)25-14-17(2)11-18(3)15-25/h5-10,12,17-18,24H,11,13-15H2,1-4H3/t17-,18-/m0/s1. The van der Waals surface area contributed by atoms with E-state index < -0.39 is 10.0 Å². The molecule has 0 aliphatic carbocycles. The second-order valence-corrected chi connectivity index (χ2v) is 10.2. The van der Waals surface area contributed by atoms with Gasteiger partial charge in [-0.05, 0) is 67.0 Å². The first-order valence-corrected chi connectivity index (χ1v) is 11.6. The van der Waals surface area contributed by atoms with Crippen LogP contribution in [0.1, 0.15) is 47.3 Å². The van der Waals surface area contributed by atoms with Crippen molar-refractivity contribution in [2.75, 3.05) is 13.1 Å². The fourth-order valence-corrected chi connectivity index (χ4v) is 5.37. The third kappa shape index (κ3) is 5.25. The zero-order valence-corrected chi connectivity index (χ0v) is 18.4. The molecule has 2 aromatic carbocycles. The highest BCUT2D eigenvalue weighted by atomic mass is 32.2. The van der Waals surface area contributed by atoms with Crippen molar-refractivity contribution in [3.8, 4) is 0 Å². The molecule has 1 amide bonds. The Morgan fingerprint density at radius 1 is 1.03 bits per heavy atom. The molecule has 1 N–H and O–H groups in total. The number of amides is 1. The van der Waals surface area contributed by atoms with E-state index >= 15 is 0 Å².